The lowest BCUT2D eigenvalue weighted by molar-refractivity contribution is 0.469. The topological polar surface area (TPSA) is 90.0 Å². The molecule has 1 aliphatic carbocycles. The van der Waals surface area contributed by atoms with E-state index in [1.807, 2.05) is 0 Å². The normalized spacial score (nSPS) is 24.0. The summed E-state index contributed by atoms with van der Waals surface area (Å²) in [4.78, 5) is 0.293. The average Bonchev–Trinajstić information content (AvgIpc) is 2.82. The monoisotopic (exact) mass is 286 g/mol. The van der Waals surface area contributed by atoms with Gasteiger partial charge in [-0.2, -0.15) is 5.10 Å². The number of hydrogen-bond donors (Lipinski definition) is 2. The SMILES string of the molecule is Cc1nn(C)c(C)c1S(=O)(=O)NCC1CCCC1N. The molecule has 0 spiro atoms. The van der Waals surface area contributed by atoms with Crippen molar-refractivity contribution in [3.63, 3.8) is 0 Å². The minimum atomic E-state index is -3.50. The van der Waals surface area contributed by atoms with Crippen molar-refractivity contribution < 1.29 is 8.42 Å². The van der Waals surface area contributed by atoms with Crippen molar-refractivity contribution >= 4 is 10.0 Å². The van der Waals surface area contributed by atoms with Gasteiger partial charge in [0.15, 0.2) is 0 Å². The highest BCUT2D eigenvalue weighted by Gasteiger charge is 2.28. The molecular formula is C12H22N4O2S. The molecule has 1 aromatic rings. The Morgan fingerprint density at radius 3 is 2.58 bits per heavy atom. The van der Waals surface area contributed by atoms with Gasteiger partial charge in [-0.1, -0.05) is 6.42 Å². The number of nitrogens with two attached hydrogens (primary N) is 1. The van der Waals surface area contributed by atoms with Gasteiger partial charge in [0, 0.05) is 19.6 Å². The Balaban J connectivity index is 2.14. The fraction of sp³-hybridized carbons (Fsp3) is 0.750. The summed E-state index contributed by atoms with van der Waals surface area (Å²) in [5.41, 5.74) is 7.14. The fourth-order valence-electron chi connectivity index (χ4n) is 2.75. The second-order valence-electron chi connectivity index (χ2n) is 5.33. The minimum absolute atomic E-state index is 0.110. The van der Waals surface area contributed by atoms with Crippen LogP contribution in [0.1, 0.15) is 30.7 Å². The van der Waals surface area contributed by atoms with E-state index in [9.17, 15) is 8.42 Å². The summed E-state index contributed by atoms with van der Waals surface area (Å²) >= 11 is 0. The quantitative estimate of drug-likeness (QED) is 0.840. The first kappa shape index (κ1) is 14.5. The summed E-state index contributed by atoms with van der Waals surface area (Å²) in [6.45, 7) is 3.88. The zero-order chi connectivity index (χ0) is 14.2. The molecule has 6 nitrogen and oxygen atoms in total. The molecule has 19 heavy (non-hydrogen) atoms. The molecule has 7 heteroatoms. The van der Waals surface area contributed by atoms with Crippen LogP contribution in [0.3, 0.4) is 0 Å². The molecule has 0 saturated heterocycles. The van der Waals surface area contributed by atoms with Crippen molar-refractivity contribution in [3.8, 4) is 0 Å². The fourth-order valence-corrected chi connectivity index (χ4v) is 4.28. The van der Waals surface area contributed by atoms with E-state index in [1.54, 1.807) is 25.6 Å². The van der Waals surface area contributed by atoms with Gasteiger partial charge >= 0.3 is 0 Å². The summed E-state index contributed by atoms with van der Waals surface area (Å²) in [6, 6.07) is 0.110. The first-order valence-corrected chi connectivity index (χ1v) is 8.06. The lowest BCUT2D eigenvalue weighted by Crippen LogP contribution is -2.36. The number of hydrogen-bond acceptors (Lipinski definition) is 4. The molecule has 108 valence electrons. The second kappa shape index (κ2) is 5.22. The summed E-state index contributed by atoms with van der Waals surface area (Å²) in [6.07, 6.45) is 3.06. The van der Waals surface area contributed by atoms with Crippen LogP contribution in [-0.4, -0.2) is 30.8 Å². The van der Waals surface area contributed by atoms with Crippen LogP contribution >= 0.6 is 0 Å². The van der Waals surface area contributed by atoms with Gasteiger partial charge in [-0.25, -0.2) is 13.1 Å². The molecule has 1 heterocycles. The van der Waals surface area contributed by atoms with E-state index in [-0.39, 0.29) is 12.0 Å². The molecule has 0 aliphatic heterocycles. The number of sulfonamides is 1. The first-order valence-electron chi connectivity index (χ1n) is 6.58. The molecule has 2 atom stereocenters. The van der Waals surface area contributed by atoms with Crippen LogP contribution in [-0.2, 0) is 17.1 Å². The van der Waals surface area contributed by atoms with Crippen molar-refractivity contribution in [3.05, 3.63) is 11.4 Å². The third-order valence-corrected chi connectivity index (χ3v) is 5.64. The van der Waals surface area contributed by atoms with Gasteiger partial charge in [0.2, 0.25) is 10.0 Å². The number of nitrogens with zero attached hydrogens (tertiary/aromatic N) is 2. The highest BCUT2D eigenvalue weighted by Crippen LogP contribution is 2.24. The Morgan fingerprint density at radius 2 is 2.11 bits per heavy atom. The highest BCUT2D eigenvalue weighted by atomic mass is 32.2. The third kappa shape index (κ3) is 2.82. The van der Waals surface area contributed by atoms with Gasteiger partial charge in [-0.05, 0) is 32.6 Å². The van der Waals surface area contributed by atoms with Crippen molar-refractivity contribution in [2.24, 2.45) is 18.7 Å². The summed E-state index contributed by atoms with van der Waals surface area (Å²) in [5, 5.41) is 4.14. The highest BCUT2D eigenvalue weighted by molar-refractivity contribution is 7.89. The number of nitrogens with one attached hydrogen (secondary N) is 1. The van der Waals surface area contributed by atoms with E-state index in [2.05, 4.69) is 9.82 Å². The maximum atomic E-state index is 12.3. The largest absolute Gasteiger partial charge is 0.327 e. The Kier molecular flexibility index (Phi) is 3.98. The smallest absolute Gasteiger partial charge is 0.244 e. The molecule has 0 bridgehead atoms. The Morgan fingerprint density at radius 1 is 1.42 bits per heavy atom. The van der Waals surface area contributed by atoms with Crippen LogP contribution in [0.2, 0.25) is 0 Å². The second-order valence-corrected chi connectivity index (χ2v) is 7.03. The van der Waals surface area contributed by atoms with Gasteiger partial charge < -0.3 is 5.73 Å². The van der Waals surface area contributed by atoms with Crippen LogP contribution in [0.15, 0.2) is 4.90 Å². The van der Waals surface area contributed by atoms with Crippen molar-refractivity contribution in [1.29, 1.82) is 0 Å². The van der Waals surface area contributed by atoms with Gasteiger partial charge in [0.05, 0.1) is 11.4 Å². The van der Waals surface area contributed by atoms with Crippen LogP contribution < -0.4 is 10.5 Å². The summed E-state index contributed by atoms with van der Waals surface area (Å²) < 4.78 is 29.0. The van der Waals surface area contributed by atoms with Gasteiger partial charge in [0.25, 0.3) is 0 Å². The molecular weight excluding hydrogens is 264 g/mol. The molecule has 0 aromatic carbocycles. The number of rotatable bonds is 4. The number of aryl methyl sites for hydroxylation is 2. The van der Waals surface area contributed by atoms with E-state index >= 15 is 0 Å². The van der Waals surface area contributed by atoms with E-state index < -0.39 is 10.0 Å². The number of aromatic nitrogens is 2. The van der Waals surface area contributed by atoms with Gasteiger partial charge in [-0.3, -0.25) is 4.68 Å². The molecule has 1 saturated carbocycles. The van der Waals surface area contributed by atoms with Crippen molar-refractivity contribution in [2.75, 3.05) is 6.54 Å². The summed E-state index contributed by atoms with van der Waals surface area (Å²) in [5.74, 6) is 0.243. The maximum absolute atomic E-state index is 12.3. The zero-order valence-corrected chi connectivity index (χ0v) is 12.5. The van der Waals surface area contributed by atoms with E-state index in [4.69, 9.17) is 5.73 Å². The molecule has 0 amide bonds. The summed E-state index contributed by atoms with van der Waals surface area (Å²) in [7, 11) is -1.76. The molecule has 1 fully saturated rings. The molecule has 2 rings (SSSR count). The molecule has 0 radical (unpaired) electrons. The standard InChI is InChI=1S/C12H22N4O2S/c1-8-12(9(2)16(3)15-8)19(17,18)14-7-10-5-4-6-11(10)13/h10-11,14H,4-7,13H2,1-3H3. The Bertz CT molecular complexity index is 565. The molecule has 2 unspecified atom stereocenters. The first-order chi connectivity index (χ1) is 8.83. The predicted molar refractivity (Wildman–Crippen MR) is 73.2 cm³/mol. The van der Waals surface area contributed by atoms with Crippen LogP contribution in [0.5, 0.6) is 0 Å². The van der Waals surface area contributed by atoms with Crippen LogP contribution in [0.4, 0.5) is 0 Å². The molecule has 3 N–H and O–H groups in total. The predicted octanol–water partition coefficient (Wildman–Crippen LogP) is 0.443. The Hall–Kier alpha value is -0.920. The van der Waals surface area contributed by atoms with Crippen LogP contribution in [0, 0.1) is 19.8 Å². The van der Waals surface area contributed by atoms with Crippen molar-refractivity contribution in [1.82, 2.24) is 14.5 Å². The van der Waals surface area contributed by atoms with E-state index in [0.717, 1.165) is 19.3 Å². The van der Waals surface area contributed by atoms with Gasteiger partial charge in [-0.15, -0.1) is 0 Å². The maximum Gasteiger partial charge on any atom is 0.244 e. The van der Waals surface area contributed by atoms with Crippen LogP contribution in [0.25, 0.3) is 0 Å². The zero-order valence-electron chi connectivity index (χ0n) is 11.7. The van der Waals surface area contributed by atoms with E-state index in [0.29, 0.717) is 22.8 Å². The molecule has 1 aromatic heterocycles. The lowest BCUT2D eigenvalue weighted by Gasteiger charge is -2.16. The van der Waals surface area contributed by atoms with E-state index in [1.165, 1.54) is 0 Å². The Labute approximate surface area is 114 Å². The third-order valence-electron chi connectivity index (χ3n) is 3.96. The lowest BCUT2D eigenvalue weighted by atomic mass is 10.1. The minimum Gasteiger partial charge on any atom is -0.327 e. The average molecular weight is 286 g/mol. The molecule has 1 aliphatic rings. The van der Waals surface area contributed by atoms with Crippen molar-refractivity contribution in [2.45, 2.75) is 44.0 Å². The van der Waals surface area contributed by atoms with Gasteiger partial charge in [0.1, 0.15) is 4.90 Å².